The average Bonchev–Trinajstić information content (AvgIpc) is 2.44. The van der Waals surface area contributed by atoms with E-state index < -0.39 is 0 Å². The molecule has 0 unspecified atom stereocenters. The summed E-state index contributed by atoms with van der Waals surface area (Å²) in [5, 5.41) is 0.700. The van der Waals surface area contributed by atoms with E-state index >= 15 is 0 Å². The van der Waals surface area contributed by atoms with E-state index in [1.165, 1.54) is 0 Å². The molecule has 0 fully saturated rings. The highest BCUT2D eigenvalue weighted by Crippen LogP contribution is 2.19. The number of nitrogens with one attached hydrogen (secondary N) is 1. The Labute approximate surface area is 125 Å². The van der Waals surface area contributed by atoms with Crippen LogP contribution in [0.2, 0.25) is 0 Å². The molecule has 0 aliphatic heterocycles. The van der Waals surface area contributed by atoms with Gasteiger partial charge in [-0.2, -0.15) is 0 Å². The minimum absolute atomic E-state index is 0.0934. The maximum atomic E-state index is 12.7. The lowest BCUT2D eigenvalue weighted by Crippen LogP contribution is -2.21. The molecule has 0 amide bonds. The maximum absolute atomic E-state index is 12.7. The summed E-state index contributed by atoms with van der Waals surface area (Å²) in [6, 6.07) is 5.69. The molecule has 21 heavy (non-hydrogen) atoms. The molecule has 0 atom stereocenters. The fourth-order valence-electron chi connectivity index (χ4n) is 2.36. The predicted molar refractivity (Wildman–Crippen MR) is 87.1 cm³/mol. The van der Waals surface area contributed by atoms with E-state index in [-0.39, 0.29) is 5.43 Å². The molecule has 1 heterocycles. The molecule has 1 aromatic heterocycles. The topological polar surface area (TPSA) is 45.3 Å². The number of hydrogen-bond acceptors (Lipinski definition) is 3. The number of ether oxygens (including phenoxy) is 1. The van der Waals surface area contributed by atoms with Gasteiger partial charge < -0.3 is 14.6 Å². The Hall–Kier alpha value is -1.81. The van der Waals surface area contributed by atoms with Crippen LogP contribution in [0.25, 0.3) is 10.9 Å². The van der Waals surface area contributed by atoms with Gasteiger partial charge >= 0.3 is 0 Å². The van der Waals surface area contributed by atoms with Gasteiger partial charge in [-0.25, -0.2) is 0 Å². The van der Waals surface area contributed by atoms with Gasteiger partial charge in [0.15, 0.2) is 5.43 Å². The van der Waals surface area contributed by atoms with Gasteiger partial charge in [0.1, 0.15) is 5.75 Å². The Morgan fingerprint density at radius 3 is 2.71 bits per heavy atom. The van der Waals surface area contributed by atoms with Gasteiger partial charge in [0.25, 0.3) is 0 Å². The fourth-order valence-corrected chi connectivity index (χ4v) is 2.36. The highest BCUT2D eigenvalue weighted by molar-refractivity contribution is 5.81. The van der Waals surface area contributed by atoms with Crippen molar-refractivity contribution in [3.05, 3.63) is 39.7 Å². The van der Waals surface area contributed by atoms with Gasteiger partial charge in [0, 0.05) is 28.7 Å². The molecule has 1 N–H and O–H groups in total. The molecule has 114 valence electrons. The second kappa shape index (κ2) is 6.76. The Morgan fingerprint density at radius 2 is 2.05 bits per heavy atom. The van der Waals surface area contributed by atoms with Crippen LogP contribution in [0.1, 0.15) is 31.0 Å². The summed E-state index contributed by atoms with van der Waals surface area (Å²) in [4.78, 5) is 18.0. The number of aromatic amines is 1. The van der Waals surface area contributed by atoms with Crippen molar-refractivity contribution >= 4 is 10.9 Å². The second-order valence-electron chi connectivity index (χ2n) is 5.70. The van der Waals surface area contributed by atoms with Crippen LogP contribution in [0.4, 0.5) is 0 Å². The molecule has 2 rings (SSSR count). The van der Waals surface area contributed by atoms with Crippen LogP contribution in [-0.2, 0) is 6.54 Å². The normalized spacial score (nSPS) is 11.3. The van der Waals surface area contributed by atoms with Crippen molar-refractivity contribution in [2.24, 2.45) is 0 Å². The quantitative estimate of drug-likeness (QED) is 0.831. The third-order valence-corrected chi connectivity index (χ3v) is 3.53. The van der Waals surface area contributed by atoms with Crippen molar-refractivity contribution < 1.29 is 4.74 Å². The van der Waals surface area contributed by atoms with Crippen molar-refractivity contribution in [2.75, 3.05) is 20.7 Å². The van der Waals surface area contributed by atoms with E-state index in [1.54, 1.807) is 0 Å². The van der Waals surface area contributed by atoms with E-state index in [9.17, 15) is 4.79 Å². The van der Waals surface area contributed by atoms with Crippen molar-refractivity contribution in [1.82, 2.24) is 9.88 Å². The van der Waals surface area contributed by atoms with Gasteiger partial charge in [-0.3, -0.25) is 4.79 Å². The lowest BCUT2D eigenvalue weighted by atomic mass is 10.1. The van der Waals surface area contributed by atoms with Crippen LogP contribution < -0.4 is 10.2 Å². The first-order valence-corrected chi connectivity index (χ1v) is 7.46. The number of H-pyrrole nitrogens is 1. The van der Waals surface area contributed by atoms with Gasteiger partial charge in [-0.05, 0) is 45.6 Å². The van der Waals surface area contributed by atoms with E-state index in [4.69, 9.17) is 4.74 Å². The molecule has 0 spiro atoms. The molecular formula is C17H24N2O2. The Morgan fingerprint density at radius 1 is 1.29 bits per heavy atom. The zero-order valence-corrected chi connectivity index (χ0v) is 13.3. The van der Waals surface area contributed by atoms with Crippen LogP contribution in [0.3, 0.4) is 0 Å². The van der Waals surface area contributed by atoms with E-state index in [2.05, 4.69) is 11.9 Å². The van der Waals surface area contributed by atoms with Gasteiger partial charge in [-0.15, -0.1) is 0 Å². The monoisotopic (exact) mass is 288 g/mol. The lowest BCUT2D eigenvalue weighted by Gasteiger charge is -2.13. The Kier molecular flexibility index (Phi) is 5.02. The summed E-state index contributed by atoms with van der Waals surface area (Å²) in [7, 11) is 3.93. The summed E-state index contributed by atoms with van der Waals surface area (Å²) in [6.45, 7) is 5.41. The van der Waals surface area contributed by atoms with Crippen LogP contribution >= 0.6 is 0 Å². The minimum Gasteiger partial charge on any atom is -0.494 e. The first-order valence-electron chi connectivity index (χ1n) is 7.46. The SMILES string of the molecule is CCCCOc1ccc2[nH]c(C)c(CN(C)C)c(=O)c2c1. The first kappa shape index (κ1) is 15.6. The predicted octanol–water partition coefficient (Wildman–Crippen LogP) is 3.08. The Balaban J connectivity index is 2.42. The molecule has 0 bridgehead atoms. The highest BCUT2D eigenvalue weighted by Gasteiger charge is 2.11. The number of unbranched alkanes of at least 4 members (excludes halogenated alkanes) is 1. The number of rotatable bonds is 6. The maximum Gasteiger partial charge on any atom is 0.194 e. The minimum atomic E-state index is 0.0934. The molecule has 0 aliphatic rings. The Bertz CT molecular complexity index is 674. The van der Waals surface area contributed by atoms with Gasteiger partial charge in [-0.1, -0.05) is 13.3 Å². The standard InChI is InChI=1S/C17H24N2O2/c1-5-6-9-21-13-7-8-16-14(10-13)17(20)15(11-19(3)4)12(2)18-16/h7-8,10H,5-6,9,11H2,1-4H3,(H,18,20). The molecule has 4 heteroatoms. The molecule has 0 saturated carbocycles. The third-order valence-electron chi connectivity index (χ3n) is 3.53. The summed E-state index contributed by atoms with van der Waals surface area (Å²) < 4.78 is 5.70. The van der Waals surface area contributed by atoms with E-state index in [0.29, 0.717) is 18.5 Å². The zero-order chi connectivity index (χ0) is 15.4. The van der Waals surface area contributed by atoms with Gasteiger partial charge in [0.05, 0.1) is 6.61 Å². The highest BCUT2D eigenvalue weighted by atomic mass is 16.5. The molecule has 2 aromatic rings. The molecule has 4 nitrogen and oxygen atoms in total. The zero-order valence-electron chi connectivity index (χ0n) is 13.3. The number of hydrogen-bond donors (Lipinski definition) is 1. The number of fused-ring (bicyclic) bond motifs is 1. The number of nitrogens with zero attached hydrogens (tertiary/aromatic N) is 1. The second-order valence-corrected chi connectivity index (χ2v) is 5.70. The summed E-state index contributed by atoms with van der Waals surface area (Å²) in [6.07, 6.45) is 2.12. The molecular weight excluding hydrogens is 264 g/mol. The first-order chi connectivity index (χ1) is 10.0. The third kappa shape index (κ3) is 3.64. The van der Waals surface area contributed by atoms with Crippen molar-refractivity contribution in [2.45, 2.75) is 33.2 Å². The van der Waals surface area contributed by atoms with Crippen molar-refractivity contribution in [3.8, 4) is 5.75 Å². The van der Waals surface area contributed by atoms with Crippen LogP contribution in [0.15, 0.2) is 23.0 Å². The summed E-state index contributed by atoms with van der Waals surface area (Å²) >= 11 is 0. The smallest absolute Gasteiger partial charge is 0.194 e. The average molecular weight is 288 g/mol. The number of benzene rings is 1. The van der Waals surface area contributed by atoms with Crippen molar-refractivity contribution in [3.63, 3.8) is 0 Å². The number of pyridine rings is 1. The van der Waals surface area contributed by atoms with Crippen LogP contribution in [-0.4, -0.2) is 30.6 Å². The summed E-state index contributed by atoms with van der Waals surface area (Å²) in [5.74, 6) is 0.765. The molecule has 1 aromatic carbocycles. The lowest BCUT2D eigenvalue weighted by molar-refractivity contribution is 0.310. The fraction of sp³-hybridized carbons (Fsp3) is 0.471. The van der Waals surface area contributed by atoms with Crippen LogP contribution in [0, 0.1) is 6.92 Å². The van der Waals surface area contributed by atoms with Crippen LogP contribution in [0.5, 0.6) is 5.75 Å². The van der Waals surface area contributed by atoms with E-state index in [1.807, 2.05) is 44.1 Å². The molecule has 0 saturated heterocycles. The number of aromatic nitrogens is 1. The number of aryl methyl sites for hydroxylation is 1. The van der Waals surface area contributed by atoms with E-state index in [0.717, 1.165) is 35.4 Å². The molecule has 0 radical (unpaired) electrons. The summed E-state index contributed by atoms with van der Waals surface area (Å²) in [5.41, 5.74) is 2.71. The molecule has 0 aliphatic carbocycles. The van der Waals surface area contributed by atoms with Crippen molar-refractivity contribution in [1.29, 1.82) is 0 Å². The largest absolute Gasteiger partial charge is 0.494 e. The van der Waals surface area contributed by atoms with Gasteiger partial charge in [0.2, 0.25) is 0 Å².